The van der Waals surface area contributed by atoms with E-state index >= 15 is 0 Å². The third-order valence-corrected chi connectivity index (χ3v) is 3.91. The van der Waals surface area contributed by atoms with Crippen LogP contribution in [0.2, 0.25) is 0 Å². The van der Waals surface area contributed by atoms with E-state index in [2.05, 4.69) is 20.9 Å². The van der Waals surface area contributed by atoms with E-state index in [1.807, 2.05) is 31.2 Å². The molecule has 158 valence electrons. The predicted molar refractivity (Wildman–Crippen MR) is 113 cm³/mol. The van der Waals surface area contributed by atoms with Crippen molar-refractivity contribution in [1.29, 1.82) is 0 Å². The number of anilines is 1. The highest BCUT2D eigenvalue weighted by Crippen LogP contribution is 2.12. The number of hydrogen-bond donors (Lipinski definition) is 3. The van der Waals surface area contributed by atoms with Crippen LogP contribution in [0.25, 0.3) is 0 Å². The Labute approximate surface area is 171 Å². The summed E-state index contributed by atoms with van der Waals surface area (Å²) in [6, 6.07) is 10.9. The van der Waals surface area contributed by atoms with Crippen LogP contribution in [0.15, 0.2) is 52.1 Å². The molecule has 0 radical (unpaired) electrons. The average molecular weight is 402 g/mol. The van der Waals surface area contributed by atoms with E-state index in [-0.39, 0.29) is 11.7 Å². The van der Waals surface area contributed by atoms with Crippen LogP contribution >= 0.6 is 0 Å². The quantitative estimate of drug-likeness (QED) is 0.287. The Morgan fingerprint density at radius 1 is 1.10 bits per heavy atom. The largest absolute Gasteiger partial charge is 0.459 e. The van der Waals surface area contributed by atoms with Gasteiger partial charge >= 0.3 is 0 Å². The van der Waals surface area contributed by atoms with Crippen molar-refractivity contribution in [2.45, 2.75) is 19.9 Å². The van der Waals surface area contributed by atoms with E-state index in [0.717, 1.165) is 31.0 Å². The van der Waals surface area contributed by atoms with E-state index in [1.54, 1.807) is 19.2 Å². The fourth-order valence-electron chi connectivity index (χ4n) is 2.43. The number of carbonyl (C=O) groups is 1. The Balaban J connectivity index is 1.76. The lowest BCUT2D eigenvalue weighted by Gasteiger charge is -2.11. The summed E-state index contributed by atoms with van der Waals surface area (Å²) in [6.07, 6.45) is 2.36. The molecule has 1 heterocycles. The van der Waals surface area contributed by atoms with E-state index in [1.165, 1.54) is 6.26 Å². The second-order valence-corrected chi connectivity index (χ2v) is 6.21. The number of aliphatic imine (C=N–C) groups is 1. The molecule has 0 saturated heterocycles. The molecule has 0 aliphatic rings. The highest BCUT2D eigenvalue weighted by Gasteiger charge is 2.08. The second-order valence-electron chi connectivity index (χ2n) is 6.21. The number of furan rings is 1. The molecule has 1 aromatic carbocycles. The van der Waals surface area contributed by atoms with Crippen LogP contribution in [0.3, 0.4) is 0 Å². The average Bonchev–Trinajstić information content (AvgIpc) is 3.27. The molecule has 0 bridgehead atoms. The zero-order valence-corrected chi connectivity index (χ0v) is 17.1. The molecule has 1 amide bonds. The van der Waals surface area contributed by atoms with Gasteiger partial charge in [0.2, 0.25) is 0 Å². The Morgan fingerprint density at radius 2 is 1.93 bits per heavy atom. The van der Waals surface area contributed by atoms with Crippen LogP contribution in [-0.2, 0) is 16.0 Å². The summed E-state index contributed by atoms with van der Waals surface area (Å²) in [7, 11) is 1.66. The molecule has 0 unspecified atom stereocenters. The van der Waals surface area contributed by atoms with Gasteiger partial charge < -0.3 is 29.8 Å². The highest BCUT2D eigenvalue weighted by atomic mass is 16.5. The third-order valence-electron chi connectivity index (χ3n) is 3.91. The van der Waals surface area contributed by atoms with Gasteiger partial charge in [-0.25, -0.2) is 4.99 Å². The fourth-order valence-corrected chi connectivity index (χ4v) is 2.43. The van der Waals surface area contributed by atoms with Gasteiger partial charge in [-0.1, -0.05) is 12.1 Å². The van der Waals surface area contributed by atoms with E-state index < -0.39 is 0 Å². The summed E-state index contributed by atoms with van der Waals surface area (Å²) >= 11 is 0. The van der Waals surface area contributed by atoms with E-state index in [4.69, 9.17) is 13.9 Å². The maximum absolute atomic E-state index is 12.0. The van der Waals surface area contributed by atoms with Gasteiger partial charge in [0.1, 0.15) is 0 Å². The van der Waals surface area contributed by atoms with Crippen LogP contribution in [0, 0.1) is 0 Å². The topological polar surface area (TPSA) is 97.1 Å². The number of methoxy groups -OCH3 is 1. The van der Waals surface area contributed by atoms with Gasteiger partial charge in [0.05, 0.1) is 26.0 Å². The lowest BCUT2D eigenvalue weighted by molar-refractivity contribution is 0.0698. The maximum atomic E-state index is 12.0. The Bertz CT molecular complexity index is 730. The molecule has 0 aliphatic heterocycles. The number of ether oxygens (including phenoxy) is 2. The number of hydrogen-bond acceptors (Lipinski definition) is 5. The van der Waals surface area contributed by atoms with Gasteiger partial charge in [0.25, 0.3) is 5.91 Å². The van der Waals surface area contributed by atoms with Crippen molar-refractivity contribution in [3.05, 3.63) is 54.0 Å². The summed E-state index contributed by atoms with van der Waals surface area (Å²) in [4.78, 5) is 16.6. The minimum absolute atomic E-state index is 0.273. The van der Waals surface area contributed by atoms with Crippen molar-refractivity contribution in [3.63, 3.8) is 0 Å². The van der Waals surface area contributed by atoms with Crippen molar-refractivity contribution in [3.8, 4) is 0 Å². The first-order chi connectivity index (χ1) is 14.2. The van der Waals surface area contributed by atoms with E-state index in [9.17, 15) is 4.79 Å². The molecule has 2 rings (SSSR count). The first kappa shape index (κ1) is 22.4. The Kier molecular flexibility index (Phi) is 10.3. The molecule has 0 saturated carbocycles. The lowest BCUT2D eigenvalue weighted by Crippen LogP contribution is -2.38. The minimum atomic E-state index is -0.273. The first-order valence-corrected chi connectivity index (χ1v) is 9.75. The van der Waals surface area contributed by atoms with Crippen molar-refractivity contribution in [1.82, 2.24) is 10.6 Å². The SMILES string of the molecule is CCNC(=NCc1ccc(NC(=O)c2ccco2)cc1)NCCCOCCOC. The molecule has 8 heteroatoms. The summed E-state index contributed by atoms with van der Waals surface area (Å²) in [5.41, 5.74) is 1.75. The standard InChI is InChI=1S/C21H30N4O4/c1-3-22-21(23-11-5-12-28-15-14-27-2)24-16-17-7-9-18(10-8-17)25-20(26)19-6-4-13-29-19/h4,6-10,13H,3,5,11-12,14-16H2,1-2H3,(H,25,26)(H2,22,23,24). The molecule has 0 spiro atoms. The normalized spacial score (nSPS) is 11.3. The molecule has 0 fully saturated rings. The van der Waals surface area contributed by atoms with Gasteiger partial charge in [0.15, 0.2) is 11.7 Å². The third kappa shape index (κ3) is 8.80. The number of carbonyl (C=O) groups excluding carboxylic acids is 1. The number of nitrogens with one attached hydrogen (secondary N) is 3. The minimum Gasteiger partial charge on any atom is -0.459 e. The smallest absolute Gasteiger partial charge is 0.291 e. The van der Waals surface area contributed by atoms with Gasteiger partial charge in [-0.15, -0.1) is 0 Å². The van der Waals surface area contributed by atoms with E-state index in [0.29, 0.717) is 32.1 Å². The number of amides is 1. The molecular weight excluding hydrogens is 372 g/mol. The van der Waals surface area contributed by atoms with Gasteiger partial charge in [-0.05, 0) is 43.2 Å². The molecule has 0 aliphatic carbocycles. The molecular formula is C21H30N4O4. The van der Waals surface area contributed by atoms with Crippen LogP contribution in [-0.4, -0.2) is 51.9 Å². The van der Waals surface area contributed by atoms with Crippen LogP contribution in [0.1, 0.15) is 29.5 Å². The van der Waals surface area contributed by atoms with Crippen molar-refractivity contribution < 1.29 is 18.7 Å². The van der Waals surface area contributed by atoms with Crippen molar-refractivity contribution >= 4 is 17.6 Å². The molecule has 29 heavy (non-hydrogen) atoms. The molecule has 2 aromatic rings. The highest BCUT2D eigenvalue weighted by molar-refractivity contribution is 6.02. The predicted octanol–water partition coefficient (Wildman–Crippen LogP) is 2.64. The number of nitrogens with zero attached hydrogens (tertiary/aromatic N) is 1. The molecule has 0 atom stereocenters. The fraction of sp³-hybridized carbons (Fsp3) is 0.429. The summed E-state index contributed by atoms with van der Waals surface area (Å²) < 4.78 is 15.5. The van der Waals surface area contributed by atoms with Gasteiger partial charge in [-0.2, -0.15) is 0 Å². The van der Waals surface area contributed by atoms with Crippen LogP contribution < -0.4 is 16.0 Å². The monoisotopic (exact) mass is 402 g/mol. The van der Waals surface area contributed by atoms with Crippen LogP contribution in [0.4, 0.5) is 5.69 Å². The van der Waals surface area contributed by atoms with Gasteiger partial charge in [0, 0.05) is 32.5 Å². The lowest BCUT2D eigenvalue weighted by atomic mass is 10.2. The van der Waals surface area contributed by atoms with Crippen molar-refractivity contribution in [2.24, 2.45) is 4.99 Å². The molecule has 1 aromatic heterocycles. The Morgan fingerprint density at radius 3 is 2.62 bits per heavy atom. The number of benzene rings is 1. The first-order valence-electron chi connectivity index (χ1n) is 9.75. The zero-order valence-electron chi connectivity index (χ0n) is 17.1. The van der Waals surface area contributed by atoms with Crippen LogP contribution in [0.5, 0.6) is 0 Å². The van der Waals surface area contributed by atoms with Crippen molar-refractivity contribution in [2.75, 3.05) is 45.3 Å². The summed E-state index contributed by atoms with van der Waals surface area (Å²) in [5, 5.41) is 9.32. The van der Waals surface area contributed by atoms with Gasteiger partial charge in [-0.3, -0.25) is 4.79 Å². The Hall–Kier alpha value is -2.84. The number of rotatable bonds is 12. The summed E-state index contributed by atoms with van der Waals surface area (Å²) in [5.74, 6) is 0.773. The second kappa shape index (κ2) is 13.4. The summed E-state index contributed by atoms with van der Waals surface area (Å²) in [6.45, 7) is 6.03. The number of guanidine groups is 1. The maximum Gasteiger partial charge on any atom is 0.291 e. The zero-order chi connectivity index (χ0) is 20.7. The molecule has 3 N–H and O–H groups in total. The molecule has 8 nitrogen and oxygen atoms in total.